The zero-order valence-corrected chi connectivity index (χ0v) is 8.12. The van der Waals surface area contributed by atoms with Gasteiger partial charge in [0.1, 0.15) is 10.5 Å². The van der Waals surface area contributed by atoms with Gasteiger partial charge in [-0.15, -0.1) is 0 Å². The van der Waals surface area contributed by atoms with Gasteiger partial charge in [0.2, 0.25) is 0 Å². The maximum atomic E-state index is 11.3. The van der Waals surface area contributed by atoms with Crippen LogP contribution in [-0.4, -0.2) is 14.7 Å². The van der Waals surface area contributed by atoms with Gasteiger partial charge < -0.3 is 9.67 Å². The van der Waals surface area contributed by atoms with Crippen LogP contribution < -0.4 is 5.56 Å². The number of rotatable bonds is 0. The molecule has 0 aliphatic carbocycles. The summed E-state index contributed by atoms with van der Waals surface area (Å²) >= 11 is 5.68. The van der Waals surface area contributed by atoms with E-state index in [0.29, 0.717) is 11.0 Å². The molecule has 2 rings (SSSR count). The molecule has 14 heavy (non-hydrogen) atoms. The molecule has 0 atom stereocenters. The van der Waals surface area contributed by atoms with Crippen LogP contribution in [0.25, 0.3) is 11.0 Å². The molecule has 5 heteroatoms. The highest BCUT2D eigenvalue weighted by atomic mass is 35.5. The van der Waals surface area contributed by atoms with Gasteiger partial charge in [0.25, 0.3) is 5.56 Å². The normalized spacial score (nSPS) is 10.7. The van der Waals surface area contributed by atoms with Crippen molar-refractivity contribution in [1.82, 2.24) is 9.55 Å². The van der Waals surface area contributed by atoms with Gasteiger partial charge in [0, 0.05) is 13.1 Å². The maximum Gasteiger partial charge on any atom is 0.250 e. The van der Waals surface area contributed by atoms with Crippen LogP contribution >= 0.6 is 11.6 Å². The summed E-state index contributed by atoms with van der Waals surface area (Å²) < 4.78 is 1.31. The standard InChI is InChI=1S/C9H7ClN2O2/c1-12-7(13)3-2-6-8(12)9(14)5(10)4-11-6/h2-4H,1H3,(H,11,14). The van der Waals surface area contributed by atoms with Crippen molar-refractivity contribution in [2.24, 2.45) is 7.05 Å². The highest BCUT2D eigenvalue weighted by molar-refractivity contribution is 6.32. The van der Waals surface area contributed by atoms with Gasteiger partial charge in [-0.05, 0) is 6.07 Å². The Balaban J connectivity index is 3.06. The topological polar surface area (TPSA) is 55.1 Å². The SMILES string of the molecule is Cn1c(=O)ccc2ncc(Cl)c(O)c21. The zero-order valence-electron chi connectivity index (χ0n) is 7.36. The molecule has 72 valence electrons. The molecule has 0 aliphatic rings. The second kappa shape index (κ2) is 2.99. The van der Waals surface area contributed by atoms with Crippen LogP contribution in [0, 0.1) is 0 Å². The molecule has 1 N–H and O–H groups in total. The average Bonchev–Trinajstić information content (AvgIpc) is 2.17. The van der Waals surface area contributed by atoms with E-state index in [-0.39, 0.29) is 16.3 Å². The molecule has 0 saturated heterocycles. The first-order chi connectivity index (χ1) is 6.61. The predicted octanol–water partition coefficient (Wildman–Crippen LogP) is 1.29. The molecular weight excluding hydrogens is 204 g/mol. The van der Waals surface area contributed by atoms with E-state index in [2.05, 4.69) is 4.98 Å². The van der Waals surface area contributed by atoms with Crippen LogP contribution in [0.5, 0.6) is 5.75 Å². The van der Waals surface area contributed by atoms with E-state index in [0.717, 1.165) is 0 Å². The Morgan fingerprint density at radius 1 is 1.50 bits per heavy atom. The number of aryl methyl sites for hydroxylation is 1. The molecule has 0 amide bonds. The highest BCUT2D eigenvalue weighted by Gasteiger charge is 2.08. The van der Waals surface area contributed by atoms with E-state index in [1.54, 1.807) is 13.1 Å². The maximum absolute atomic E-state index is 11.3. The van der Waals surface area contributed by atoms with Crippen molar-refractivity contribution in [2.75, 3.05) is 0 Å². The summed E-state index contributed by atoms with van der Waals surface area (Å²) in [6.07, 6.45) is 1.35. The molecule has 0 radical (unpaired) electrons. The van der Waals surface area contributed by atoms with E-state index >= 15 is 0 Å². The van der Waals surface area contributed by atoms with Gasteiger partial charge in [0.05, 0.1) is 11.7 Å². The number of halogens is 1. The Morgan fingerprint density at radius 2 is 2.21 bits per heavy atom. The first kappa shape index (κ1) is 9.02. The number of hydrogen-bond acceptors (Lipinski definition) is 3. The molecule has 2 aromatic rings. The minimum Gasteiger partial charge on any atom is -0.504 e. The highest BCUT2D eigenvalue weighted by Crippen LogP contribution is 2.28. The van der Waals surface area contributed by atoms with Crippen LogP contribution in [0.3, 0.4) is 0 Å². The fraction of sp³-hybridized carbons (Fsp3) is 0.111. The lowest BCUT2D eigenvalue weighted by Crippen LogP contribution is -2.15. The molecule has 0 spiro atoms. The van der Waals surface area contributed by atoms with Crippen molar-refractivity contribution in [2.45, 2.75) is 0 Å². The summed E-state index contributed by atoms with van der Waals surface area (Å²) in [6, 6.07) is 2.94. The Bertz CT molecular complexity index is 562. The minimum atomic E-state index is -0.211. The number of pyridine rings is 2. The van der Waals surface area contributed by atoms with E-state index in [1.807, 2.05) is 0 Å². The lowest BCUT2D eigenvalue weighted by molar-refractivity contribution is 0.478. The second-order valence-electron chi connectivity index (χ2n) is 2.92. The first-order valence-corrected chi connectivity index (χ1v) is 4.32. The van der Waals surface area contributed by atoms with Crippen molar-refractivity contribution in [1.29, 1.82) is 0 Å². The summed E-state index contributed by atoms with van der Waals surface area (Å²) in [5.74, 6) is -0.114. The van der Waals surface area contributed by atoms with Crippen LogP contribution in [0.4, 0.5) is 0 Å². The molecule has 4 nitrogen and oxygen atoms in total. The molecule has 0 bridgehead atoms. The molecule has 0 aromatic carbocycles. The quantitative estimate of drug-likeness (QED) is 0.713. The van der Waals surface area contributed by atoms with Gasteiger partial charge in [-0.25, -0.2) is 0 Å². The largest absolute Gasteiger partial charge is 0.504 e. The Kier molecular flexibility index (Phi) is 1.93. The van der Waals surface area contributed by atoms with Crippen molar-refractivity contribution in [3.63, 3.8) is 0 Å². The molecular formula is C9H7ClN2O2. The summed E-state index contributed by atoms with van der Waals surface area (Å²) in [4.78, 5) is 15.3. The summed E-state index contributed by atoms with van der Waals surface area (Å²) in [6.45, 7) is 0. The van der Waals surface area contributed by atoms with Gasteiger partial charge >= 0.3 is 0 Å². The number of hydrogen-bond donors (Lipinski definition) is 1. The van der Waals surface area contributed by atoms with Crippen LogP contribution in [0.15, 0.2) is 23.1 Å². The number of aromatic nitrogens is 2. The van der Waals surface area contributed by atoms with Gasteiger partial charge in [-0.2, -0.15) is 0 Å². The Hall–Kier alpha value is -1.55. The molecule has 0 unspecified atom stereocenters. The smallest absolute Gasteiger partial charge is 0.250 e. The summed E-state index contributed by atoms with van der Waals surface area (Å²) in [7, 11) is 1.56. The van der Waals surface area contributed by atoms with E-state index in [9.17, 15) is 9.90 Å². The Labute approximate surface area is 84.4 Å². The second-order valence-corrected chi connectivity index (χ2v) is 3.33. The van der Waals surface area contributed by atoms with Gasteiger partial charge in [-0.3, -0.25) is 9.78 Å². The van der Waals surface area contributed by atoms with Crippen molar-refractivity contribution in [3.05, 3.63) is 33.7 Å². The third kappa shape index (κ3) is 1.15. The van der Waals surface area contributed by atoms with Gasteiger partial charge in [0.15, 0.2) is 5.75 Å². The molecule has 0 fully saturated rings. The summed E-state index contributed by atoms with van der Waals surface area (Å²) in [5, 5.41) is 9.77. The molecule has 0 saturated carbocycles. The fourth-order valence-corrected chi connectivity index (χ4v) is 1.45. The van der Waals surface area contributed by atoms with Crippen molar-refractivity contribution < 1.29 is 5.11 Å². The van der Waals surface area contributed by atoms with Gasteiger partial charge in [-0.1, -0.05) is 11.6 Å². The Morgan fingerprint density at radius 3 is 2.93 bits per heavy atom. The van der Waals surface area contributed by atoms with E-state index in [4.69, 9.17) is 11.6 Å². The summed E-state index contributed by atoms with van der Waals surface area (Å²) in [5.41, 5.74) is 0.677. The van der Waals surface area contributed by atoms with E-state index < -0.39 is 0 Å². The first-order valence-electron chi connectivity index (χ1n) is 3.94. The fourth-order valence-electron chi connectivity index (χ4n) is 1.31. The minimum absolute atomic E-state index is 0.114. The monoisotopic (exact) mass is 210 g/mol. The average molecular weight is 211 g/mol. The van der Waals surface area contributed by atoms with Crippen LogP contribution in [-0.2, 0) is 7.05 Å². The van der Waals surface area contributed by atoms with Crippen molar-refractivity contribution >= 4 is 22.6 Å². The lowest BCUT2D eigenvalue weighted by Gasteiger charge is -2.06. The third-order valence-electron chi connectivity index (χ3n) is 2.06. The molecule has 2 aromatic heterocycles. The lowest BCUT2D eigenvalue weighted by atomic mass is 10.3. The van der Waals surface area contributed by atoms with Crippen LogP contribution in [0.2, 0.25) is 5.02 Å². The zero-order chi connectivity index (χ0) is 10.3. The number of fused-ring (bicyclic) bond motifs is 1. The molecule has 2 heterocycles. The number of nitrogens with zero attached hydrogens (tertiary/aromatic N) is 2. The van der Waals surface area contributed by atoms with Crippen LogP contribution in [0.1, 0.15) is 0 Å². The van der Waals surface area contributed by atoms with E-state index in [1.165, 1.54) is 16.8 Å². The van der Waals surface area contributed by atoms with Crippen molar-refractivity contribution in [3.8, 4) is 5.75 Å². The third-order valence-corrected chi connectivity index (χ3v) is 2.34. The number of aromatic hydroxyl groups is 1. The predicted molar refractivity (Wildman–Crippen MR) is 53.7 cm³/mol. The molecule has 0 aliphatic heterocycles.